The first-order valence-corrected chi connectivity index (χ1v) is 15.5. The Kier molecular flexibility index (Phi) is 6.14. The molecule has 0 saturated heterocycles. The van der Waals surface area contributed by atoms with Gasteiger partial charge in [-0.2, -0.15) is 0 Å². The van der Waals surface area contributed by atoms with E-state index in [1.54, 1.807) is 0 Å². The van der Waals surface area contributed by atoms with Crippen LogP contribution in [0, 0.1) is 0 Å². The van der Waals surface area contributed by atoms with Gasteiger partial charge in [-0.25, -0.2) is 4.98 Å². The summed E-state index contributed by atoms with van der Waals surface area (Å²) in [5, 5.41) is 7.17. The molecule has 0 amide bonds. The molecule has 0 fully saturated rings. The zero-order valence-corrected chi connectivity index (χ0v) is 25.0. The topological polar surface area (TPSA) is 29.3 Å². The minimum atomic E-state index is 0.634. The molecule has 1 heterocycles. The van der Waals surface area contributed by atoms with Gasteiger partial charge in [-0.05, 0) is 86.4 Å². The number of aromatic nitrogens is 1. The second-order valence-corrected chi connectivity index (χ2v) is 11.6. The molecule has 216 valence electrons. The third-order valence-corrected chi connectivity index (χ3v) is 8.85. The molecule has 3 heteroatoms. The zero-order chi connectivity index (χ0) is 30.5. The second-order valence-electron chi connectivity index (χ2n) is 11.6. The normalized spacial score (nSPS) is 11.5. The van der Waals surface area contributed by atoms with Crippen LogP contribution >= 0.6 is 0 Å². The maximum atomic E-state index is 6.52. The van der Waals surface area contributed by atoms with E-state index in [-0.39, 0.29) is 0 Å². The Morgan fingerprint density at radius 1 is 0.413 bits per heavy atom. The van der Waals surface area contributed by atoms with Crippen molar-refractivity contribution in [3.63, 3.8) is 0 Å². The molecule has 9 rings (SSSR count). The summed E-state index contributed by atoms with van der Waals surface area (Å²) in [5.41, 5.74) is 8.03. The molecular weight excluding hydrogens is 560 g/mol. The highest BCUT2D eigenvalue weighted by Crippen LogP contribution is 2.40. The number of anilines is 3. The molecule has 9 aromatic rings. The van der Waals surface area contributed by atoms with Crippen LogP contribution in [0.25, 0.3) is 66.0 Å². The third-order valence-electron chi connectivity index (χ3n) is 8.85. The summed E-state index contributed by atoms with van der Waals surface area (Å²) in [7, 11) is 0. The number of fused-ring (bicyclic) bond motifs is 4. The van der Waals surface area contributed by atoms with E-state index in [0.717, 1.165) is 50.2 Å². The van der Waals surface area contributed by atoms with Gasteiger partial charge in [-0.1, -0.05) is 121 Å². The first kappa shape index (κ1) is 26.2. The summed E-state index contributed by atoms with van der Waals surface area (Å²) in [5.74, 6) is 0.634. The van der Waals surface area contributed by atoms with Crippen LogP contribution in [0.15, 0.2) is 174 Å². The molecular formula is C43H28N2O. The lowest BCUT2D eigenvalue weighted by molar-refractivity contribution is 0.621. The summed E-state index contributed by atoms with van der Waals surface area (Å²) < 4.78 is 6.52. The summed E-state index contributed by atoms with van der Waals surface area (Å²) in [4.78, 5) is 7.25. The molecule has 0 radical (unpaired) electrons. The van der Waals surface area contributed by atoms with E-state index >= 15 is 0 Å². The van der Waals surface area contributed by atoms with E-state index in [4.69, 9.17) is 9.40 Å². The van der Waals surface area contributed by atoms with Gasteiger partial charge in [-0.3, -0.25) is 0 Å². The fourth-order valence-corrected chi connectivity index (χ4v) is 6.57. The zero-order valence-electron chi connectivity index (χ0n) is 25.0. The van der Waals surface area contributed by atoms with Crippen molar-refractivity contribution >= 4 is 60.5 Å². The SMILES string of the molecule is c1ccc2cc(N(c3ccc(-c4cccc5nc(-c6cccc7ccccc67)oc45)cc3)c3ccc4ccccc4c3)ccc2c1. The molecule has 0 N–H and O–H groups in total. The highest BCUT2D eigenvalue weighted by atomic mass is 16.3. The van der Waals surface area contributed by atoms with E-state index in [9.17, 15) is 0 Å². The standard InChI is InChI=1S/C43H28N2O/c1-3-12-33-27-36(25-19-29(33)9-1)45(37-26-20-30-10-2-4-13-34(30)28-37)35-23-21-32(22-24-35)39-16-8-18-41-42(39)46-43(44-41)40-17-7-14-31-11-5-6-15-38(31)40/h1-28H. The molecule has 0 aliphatic carbocycles. The lowest BCUT2D eigenvalue weighted by Crippen LogP contribution is -2.09. The van der Waals surface area contributed by atoms with Crippen LogP contribution in [-0.4, -0.2) is 4.98 Å². The molecule has 0 spiro atoms. The van der Waals surface area contributed by atoms with E-state index in [0.29, 0.717) is 5.89 Å². The van der Waals surface area contributed by atoms with Gasteiger partial charge in [0.1, 0.15) is 5.52 Å². The van der Waals surface area contributed by atoms with Gasteiger partial charge in [0.25, 0.3) is 0 Å². The Morgan fingerprint density at radius 2 is 0.957 bits per heavy atom. The maximum Gasteiger partial charge on any atom is 0.227 e. The number of nitrogens with zero attached hydrogens (tertiary/aromatic N) is 2. The Balaban J connectivity index is 1.15. The van der Waals surface area contributed by atoms with Crippen molar-refractivity contribution in [1.82, 2.24) is 4.98 Å². The molecule has 0 aliphatic heterocycles. The first-order chi connectivity index (χ1) is 22.8. The van der Waals surface area contributed by atoms with Crippen molar-refractivity contribution in [2.75, 3.05) is 4.90 Å². The molecule has 0 atom stereocenters. The van der Waals surface area contributed by atoms with Crippen LogP contribution in [0.2, 0.25) is 0 Å². The van der Waals surface area contributed by atoms with E-state index in [1.807, 2.05) is 6.07 Å². The Bertz CT molecular complexity index is 2460. The maximum absolute atomic E-state index is 6.52. The lowest BCUT2D eigenvalue weighted by atomic mass is 10.0. The number of benzene rings is 8. The Labute approximate surface area is 266 Å². The average molecular weight is 589 g/mol. The van der Waals surface area contributed by atoms with Crippen molar-refractivity contribution in [3.05, 3.63) is 170 Å². The number of para-hydroxylation sites is 1. The van der Waals surface area contributed by atoms with E-state index in [2.05, 4.69) is 169 Å². The molecule has 3 nitrogen and oxygen atoms in total. The van der Waals surface area contributed by atoms with Gasteiger partial charge < -0.3 is 9.32 Å². The number of rotatable bonds is 5. The number of hydrogen-bond donors (Lipinski definition) is 0. The van der Waals surface area contributed by atoms with Crippen LogP contribution in [-0.2, 0) is 0 Å². The second kappa shape index (κ2) is 10.8. The van der Waals surface area contributed by atoms with Crippen LogP contribution < -0.4 is 4.90 Å². The van der Waals surface area contributed by atoms with Crippen molar-refractivity contribution in [2.24, 2.45) is 0 Å². The fraction of sp³-hybridized carbons (Fsp3) is 0. The number of hydrogen-bond acceptors (Lipinski definition) is 3. The van der Waals surface area contributed by atoms with Crippen LogP contribution in [0.5, 0.6) is 0 Å². The monoisotopic (exact) mass is 588 g/mol. The minimum Gasteiger partial charge on any atom is -0.435 e. The Hall–Kier alpha value is -6.19. The third kappa shape index (κ3) is 4.49. The average Bonchev–Trinajstić information content (AvgIpc) is 3.56. The highest BCUT2D eigenvalue weighted by Gasteiger charge is 2.17. The van der Waals surface area contributed by atoms with Gasteiger partial charge >= 0.3 is 0 Å². The van der Waals surface area contributed by atoms with Gasteiger partial charge in [-0.15, -0.1) is 0 Å². The summed E-state index contributed by atoms with van der Waals surface area (Å²) in [6, 6.07) is 59.9. The molecule has 1 aromatic heterocycles. The molecule has 0 unspecified atom stereocenters. The summed E-state index contributed by atoms with van der Waals surface area (Å²) in [6.07, 6.45) is 0. The number of oxazole rings is 1. The van der Waals surface area contributed by atoms with Crippen LogP contribution in [0.1, 0.15) is 0 Å². The van der Waals surface area contributed by atoms with Crippen LogP contribution in [0.4, 0.5) is 17.1 Å². The molecule has 0 saturated carbocycles. The smallest absolute Gasteiger partial charge is 0.227 e. The quantitative estimate of drug-likeness (QED) is 0.200. The highest BCUT2D eigenvalue weighted by molar-refractivity contribution is 5.98. The van der Waals surface area contributed by atoms with Gasteiger partial charge in [0.05, 0.1) is 0 Å². The first-order valence-electron chi connectivity index (χ1n) is 15.5. The van der Waals surface area contributed by atoms with Crippen molar-refractivity contribution in [1.29, 1.82) is 0 Å². The predicted octanol–water partition coefficient (Wildman–Crippen LogP) is 12.1. The van der Waals surface area contributed by atoms with Crippen molar-refractivity contribution in [3.8, 4) is 22.6 Å². The Morgan fingerprint density at radius 3 is 1.65 bits per heavy atom. The van der Waals surface area contributed by atoms with Crippen molar-refractivity contribution < 1.29 is 4.42 Å². The minimum absolute atomic E-state index is 0.634. The molecule has 0 aliphatic rings. The van der Waals surface area contributed by atoms with Gasteiger partial charge in [0.15, 0.2) is 5.58 Å². The molecule has 0 bridgehead atoms. The van der Waals surface area contributed by atoms with Crippen LogP contribution in [0.3, 0.4) is 0 Å². The predicted molar refractivity (Wildman–Crippen MR) is 192 cm³/mol. The largest absolute Gasteiger partial charge is 0.435 e. The summed E-state index contributed by atoms with van der Waals surface area (Å²) in [6.45, 7) is 0. The summed E-state index contributed by atoms with van der Waals surface area (Å²) >= 11 is 0. The molecule has 46 heavy (non-hydrogen) atoms. The van der Waals surface area contributed by atoms with Gasteiger partial charge in [0.2, 0.25) is 5.89 Å². The fourth-order valence-electron chi connectivity index (χ4n) is 6.57. The van der Waals surface area contributed by atoms with E-state index < -0.39 is 0 Å². The lowest BCUT2D eigenvalue weighted by Gasteiger charge is -2.26. The van der Waals surface area contributed by atoms with Crippen molar-refractivity contribution in [2.45, 2.75) is 0 Å². The van der Waals surface area contributed by atoms with Gasteiger partial charge in [0, 0.05) is 28.2 Å². The van der Waals surface area contributed by atoms with E-state index in [1.165, 1.54) is 26.9 Å². The molecule has 8 aromatic carbocycles.